The molecular formula is C28H36FN3O2. The molecule has 2 aromatic carbocycles. The highest BCUT2D eigenvalue weighted by Crippen LogP contribution is 2.34. The Kier molecular flexibility index (Phi) is 7.99. The molecule has 2 saturated heterocycles. The third kappa shape index (κ3) is 5.84. The Morgan fingerprint density at radius 3 is 2.56 bits per heavy atom. The second-order valence-corrected chi connectivity index (χ2v) is 9.87. The zero-order valence-corrected chi connectivity index (χ0v) is 20.6. The zero-order chi connectivity index (χ0) is 24.1. The Bertz CT molecular complexity index is 1010. The number of hydrogen-bond acceptors (Lipinski definition) is 4. The summed E-state index contributed by atoms with van der Waals surface area (Å²) in [7, 11) is 0. The molecule has 0 bridgehead atoms. The van der Waals surface area contributed by atoms with Crippen molar-refractivity contribution in [3.63, 3.8) is 0 Å². The van der Waals surface area contributed by atoms with Crippen molar-refractivity contribution in [1.29, 1.82) is 0 Å². The lowest BCUT2D eigenvalue weighted by molar-refractivity contribution is -0.124. The van der Waals surface area contributed by atoms with Crippen molar-refractivity contribution in [2.75, 3.05) is 37.7 Å². The molecule has 0 aromatic heterocycles. The maximum Gasteiger partial charge on any atom is 0.229 e. The van der Waals surface area contributed by atoms with E-state index in [2.05, 4.69) is 10.1 Å². The Morgan fingerprint density at radius 1 is 1.15 bits per heavy atom. The maximum absolute atomic E-state index is 14.2. The predicted molar refractivity (Wildman–Crippen MR) is 135 cm³/mol. The predicted octanol–water partition coefficient (Wildman–Crippen LogP) is 5.12. The SMILES string of the molecule is Cc1cc(C=NOCCN2CCCC2)cc(C)c1N1C[C@@H](Cc2ccccc2F)C[C@@H](C)C1=O. The van der Waals surface area contributed by atoms with Crippen LogP contribution < -0.4 is 4.90 Å². The largest absolute Gasteiger partial charge is 0.394 e. The minimum atomic E-state index is -0.169. The van der Waals surface area contributed by atoms with E-state index in [9.17, 15) is 9.18 Å². The van der Waals surface area contributed by atoms with Crippen molar-refractivity contribution in [2.24, 2.45) is 17.0 Å². The highest BCUT2D eigenvalue weighted by Gasteiger charge is 2.34. The molecule has 0 saturated carbocycles. The number of hydrogen-bond donors (Lipinski definition) is 0. The van der Waals surface area contributed by atoms with Gasteiger partial charge < -0.3 is 9.74 Å². The highest BCUT2D eigenvalue weighted by atomic mass is 19.1. The van der Waals surface area contributed by atoms with Crippen LogP contribution in [0.5, 0.6) is 0 Å². The van der Waals surface area contributed by atoms with Gasteiger partial charge in [-0.3, -0.25) is 9.69 Å². The molecule has 1 amide bonds. The van der Waals surface area contributed by atoms with Gasteiger partial charge in [-0.25, -0.2) is 4.39 Å². The topological polar surface area (TPSA) is 45.1 Å². The van der Waals surface area contributed by atoms with Crippen molar-refractivity contribution in [3.05, 3.63) is 64.5 Å². The fourth-order valence-corrected chi connectivity index (χ4v) is 5.43. The van der Waals surface area contributed by atoms with Gasteiger partial charge in [0.05, 0.1) is 6.21 Å². The lowest BCUT2D eigenvalue weighted by atomic mass is 9.84. The van der Waals surface area contributed by atoms with Gasteiger partial charge >= 0.3 is 0 Å². The van der Waals surface area contributed by atoms with E-state index in [1.807, 2.05) is 49.9 Å². The Morgan fingerprint density at radius 2 is 1.85 bits per heavy atom. The summed E-state index contributed by atoms with van der Waals surface area (Å²) < 4.78 is 14.2. The summed E-state index contributed by atoms with van der Waals surface area (Å²) in [5.74, 6) is 0.100. The van der Waals surface area contributed by atoms with Crippen LogP contribution in [0, 0.1) is 31.5 Å². The summed E-state index contributed by atoms with van der Waals surface area (Å²) in [5.41, 5.74) is 4.71. The maximum atomic E-state index is 14.2. The van der Waals surface area contributed by atoms with Gasteiger partial charge in [-0.05, 0) is 99.0 Å². The van der Waals surface area contributed by atoms with Gasteiger partial charge in [0, 0.05) is 24.7 Å². The summed E-state index contributed by atoms with van der Waals surface area (Å²) in [5, 5.41) is 4.15. The Labute approximate surface area is 202 Å². The van der Waals surface area contributed by atoms with Crippen molar-refractivity contribution < 1.29 is 14.0 Å². The van der Waals surface area contributed by atoms with Crippen LogP contribution in [0.15, 0.2) is 41.6 Å². The van der Waals surface area contributed by atoms with Gasteiger partial charge in [-0.1, -0.05) is 30.3 Å². The van der Waals surface area contributed by atoms with Crippen LogP contribution in [0.1, 0.15) is 48.4 Å². The van der Waals surface area contributed by atoms with Crippen LogP contribution in [0.2, 0.25) is 0 Å². The number of likely N-dealkylation sites (tertiary alicyclic amines) is 1. The molecule has 6 heteroatoms. The van der Waals surface area contributed by atoms with Gasteiger partial charge in [-0.15, -0.1) is 0 Å². The fourth-order valence-electron chi connectivity index (χ4n) is 5.43. The minimum Gasteiger partial charge on any atom is -0.394 e. The first-order chi connectivity index (χ1) is 16.4. The number of rotatable bonds is 8. The van der Waals surface area contributed by atoms with Crippen LogP contribution in [0.3, 0.4) is 0 Å². The molecule has 34 heavy (non-hydrogen) atoms. The molecule has 0 radical (unpaired) electrons. The van der Waals surface area contributed by atoms with Crippen molar-refractivity contribution in [2.45, 2.75) is 46.5 Å². The van der Waals surface area contributed by atoms with Crippen LogP contribution in [-0.2, 0) is 16.1 Å². The molecular weight excluding hydrogens is 429 g/mol. The molecule has 0 unspecified atom stereocenters. The minimum absolute atomic E-state index is 0.0884. The second-order valence-electron chi connectivity index (χ2n) is 9.87. The van der Waals surface area contributed by atoms with E-state index in [1.165, 1.54) is 18.9 Å². The first-order valence-corrected chi connectivity index (χ1v) is 12.5. The highest BCUT2D eigenvalue weighted by molar-refractivity contribution is 5.97. The van der Waals surface area contributed by atoms with E-state index in [0.717, 1.165) is 54.0 Å². The summed E-state index contributed by atoms with van der Waals surface area (Å²) >= 11 is 0. The Hall–Kier alpha value is -2.73. The van der Waals surface area contributed by atoms with Crippen LogP contribution in [0.25, 0.3) is 0 Å². The summed E-state index contributed by atoms with van der Waals surface area (Å²) in [6, 6.07) is 11.0. The smallest absolute Gasteiger partial charge is 0.229 e. The zero-order valence-electron chi connectivity index (χ0n) is 20.6. The normalized spacial score (nSPS) is 21.5. The molecule has 0 spiro atoms. The van der Waals surface area contributed by atoms with Crippen LogP contribution in [-0.4, -0.2) is 49.8 Å². The molecule has 2 aliphatic heterocycles. The van der Waals surface area contributed by atoms with Gasteiger partial charge in [-0.2, -0.15) is 0 Å². The first-order valence-electron chi connectivity index (χ1n) is 12.5. The molecule has 0 N–H and O–H groups in total. The molecule has 5 nitrogen and oxygen atoms in total. The number of halogens is 1. The first kappa shape index (κ1) is 24.4. The van der Waals surface area contributed by atoms with E-state index < -0.39 is 0 Å². The molecule has 0 aliphatic carbocycles. The number of oxime groups is 1. The summed E-state index contributed by atoms with van der Waals surface area (Å²) in [6.45, 7) is 10.5. The molecule has 182 valence electrons. The molecule has 2 atom stereocenters. The number of amides is 1. The van der Waals surface area contributed by atoms with Crippen molar-refractivity contribution in [3.8, 4) is 0 Å². The number of carbonyl (C=O) groups excluding carboxylic acids is 1. The fraction of sp³-hybridized carbons (Fsp3) is 0.500. The lowest BCUT2D eigenvalue weighted by Crippen LogP contribution is -2.46. The Balaban J connectivity index is 1.43. The number of piperidine rings is 1. The van der Waals surface area contributed by atoms with Crippen molar-refractivity contribution >= 4 is 17.8 Å². The summed E-state index contributed by atoms with van der Waals surface area (Å²) in [6.07, 6.45) is 5.71. The van der Waals surface area contributed by atoms with Gasteiger partial charge in [0.15, 0.2) is 0 Å². The molecule has 2 heterocycles. The van der Waals surface area contributed by atoms with Gasteiger partial charge in [0.25, 0.3) is 0 Å². The summed E-state index contributed by atoms with van der Waals surface area (Å²) in [4.78, 5) is 22.9. The molecule has 4 rings (SSSR count). The van der Waals surface area contributed by atoms with E-state index in [1.54, 1.807) is 12.3 Å². The van der Waals surface area contributed by atoms with Gasteiger partial charge in [0.1, 0.15) is 12.4 Å². The van der Waals surface area contributed by atoms with E-state index >= 15 is 0 Å². The quantitative estimate of drug-likeness (QED) is 0.309. The average Bonchev–Trinajstić information content (AvgIpc) is 3.31. The van der Waals surface area contributed by atoms with E-state index in [4.69, 9.17) is 4.84 Å². The number of nitrogens with zero attached hydrogens (tertiary/aromatic N) is 3. The molecule has 2 aliphatic rings. The third-order valence-electron chi connectivity index (χ3n) is 7.04. The monoisotopic (exact) mass is 465 g/mol. The molecule has 2 aromatic rings. The third-order valence-corrected chi connectivity index (χ3v) is 7.04. The van der Waals surface area contributed by atoms with Crippen LogP contribution in [0.4, 0.5) is 10.1 Å². The average molecular weight is 466 g/mol. The number of anilines is 1. The number of aryl methyl sites for hydroxylation is 2. The second kappa shape index (κ2) is 11.1. The lowest BCUT2D eigenvalue weighted by Gasteiger charge is -2.38. The van der Waals surface area contributed by atoms with Crippen molar-refractivity contribution in [1.82, 2.24) is 4.90 Å². The van der Waals surface area contributed by atoms with E-state index in [-0.39, 0.29) is 23.6 Å². The van der Waals surface area contributed by atoms with Gasteiger partial charge in [0.2, 0.25) is 5.91 Å². The van der Waals surface area contributed by atoms with E-state index in [0.29, 0.717) is 19.6 Å². The van der Waals surface area contributed by atoms with Crippen LogP contribution >= 0.6 is 0 Å². The number of benzene rings is 2. The standard InChI is InChI=1S/C28H36FN3O2/c1-20-14-23(18-30-34-13-12-31-10-6-7-11-31)15-21(2)27(20)32-19-24(16-22(3)28(32)33)17-25-8-4-5-9-26(25)29/h4-5,8-9,14-15,18,22,24H,6-7,10-13,16-17,19H2,1-3H3/t22-,24-/m1/s1. The number of carbonyl (C=O) groups is 1. The molecule has 2 fully saturated rings.